The number of aromatic nitrogens is 2. The molecular formula is C13H15N3O2. The quantitative estimate of drug-likeness (QED) is 0.834. The molecule has 2 rings (SSSR count). The molecule has 0 saturated heterocycles. The summed E-state index contributed by atoms with van der Waals surface area (Å²) in [7, 11) is 1.32. The smallest absolute Gasteiger partial charge is 0.343 e. The molecule has 0 spiro atoms. The normalized spacial score (nSPS) is 10.3. The van der Waals surface area contributed by atoms with Crippen molar-refractivity contribution in [2.75, 3.05) is 12.8 Å². The van der Waals surface area contributed by atoms with E-state index in [1.54, 1.807) is 10.9 Å². The van der Waals surface area contributed by atoms with Crippen molar-refractivity contribution in [2.24, 2.45) is 0 Å². The SMILES string of the molecule is COC(=O)c1cn(Cc2ccccc2C)nc1N. The zero-order chi connectivity index (χ0) is 13.1. The lowest BCUT2D eigenvalue weighted by Crippen LogP contribution is -2.03. The lowest BCUT2D eigenvalue weighted by Gasteiger charge is -2.04. The maximum atomic E-state index is 11.4. The number of hydrogen-bond acceptors (Lipinski definition) is 4. The second-order valence-electron chi connectivity index (χ2n) is 4.04. The summed E-state index contributed by atoms with van der Waals surface area (Å²) >= 11 is 0. The highest BCUT2D eigenvalue weighted by molar-refractivity contribution is 5.93. The van der Waals surface area contributed by atoms with Gasteiger partial charge >= 0.3 is 5.97 Å². The Balaban J connectivity index is 2.26. The number of carbonyl (C=O) groups is 1. The Morgan fingerprint density at radius 3 is 2.83 bits per heavy atom. The van der Waals surface area contributed by atoms with Gasteiger partial charge in [0, 0.05) is 6.20 Å². The molecule has 0 atom stereocenters. The number of nitrogen functional groups attached to an aromatic ring is 1. The lowest BCUT2D eigenvalue weighted by atomic mass is 10.1. The average molecular weight is 245 g/mol. The first kappa shape index (κ1) is 12.2. The molecule has 2 N–H and O–H groups in total. The summed E-state index contributed by atoms with van der Waals surface area (Å²) in [5, 5.41) is 4.11. The lowest BCUT2D eigenvalue weighted by molar-refractivity contribution is 0.0602. The van der Waals surface area contributed by atoms with E-state index in [1.807, 2.05) is 31.2 Å². The number of aryl methyl sites for hydroxylation is 1. The highest BCUT2D eigenvalue weighted by Crippen LogP contribution is 2.13. The summed E-state index contributed by atoms with van der Waals surface area (Å²) in [6, 6.07) is 8.00. The topological polar surface area (TPSA) is 70.1 Å². The summed E-state index contributed by atoms with van der Waals surface area (Å²) in [5.74, 6) is -0.279. The van der Waals surface area contributed by atoms with E-state index in [1.165, 1.54) is 12.7 Å². The number of carbonyl (C=O) groups excluding carboxylic acids is 1. The second-order valence-corrected chi connectivity index (χ2v) is 4.04. The van der Waals surface area contributed by atoms with Gasteiger partial charge in [-0.25, -0.2) is 4.79 Å². The van der Waals surface area contributed by atoms with Crippen molar-refractivity contribution >= 4 is 11.8 Å². The van der Waals surface area contributed by atoms with E-state index in [-0.39, 0.29) is 5.82 Å². The number of nitrogens with two attached hydrogens (primary N) is 1. The Morgan fingerprint density at radius 2 is 2.17 bits per heavy atom. The van der Waals surface area contributed by atoms with E-state index in [2.05, 4.69) is 9.84 Å². The molecule has 0 unspecified atom stereocenters. The third kappa shape index (κ3) is 2.34. The van der Waals surface area contributed by atoms with Gasteiger partial charge in [0.05, 0.1) is 13.7 Å². The molecule has 0 saturated carbocycles. The van der Waals surface area contributed by atoms with Crippen molar-refractivity contribution in [2.45, 2.75) is 13.5 Å². The predicted molar refractivity (Wildman–Crippen MR) is 68.3 cm³/mol. The van der Waals surface area contributed by atoms with E-state index >= 15 is 0 Å². The van der Waals surface area contributed by atoms with Crippen LogP contribution in [0.5, 0.6) is 0 Å². The van der Waals surface area contributed by atoms with Crippen LogP contribution < -0.4 is 5.73 Å². The minimum atomic E-state index is -0.469. The predicted octanol–water partition coefficient (Wildman–Crippen LogP) is 1.61. The number of ether oxygens (including phenoxy) is 1. The Kier molecular flexibility index (Phi) is 3.32. The first-order valence-corrected chi connectivity index (χ1v) is 5.57. The van der Waals surface area contributed by atoms with Crippen molar-refractivity contribution in [3.8, 4) is 0 Å². The van der Waals surface area contributed by atoms with Gasteiger partial charge in [0.2, 0.25) is 0 Å². The Bertz CT molecular complexity index is 575. The van der Waals surface area contributed by atoms with E-state index in [0.29, 0.717) is 12.1 Å². The summed E-state index contributed by atoms with van der Waals surface area (Å²) in [5.41, 5.74) is 8.28. The highest BCUT2D eigenvalue weighted by atomic mass is 16.5. The van der Waals surface area contributed by atoms with E-state index in [9.17, 15) is 4.79 Å². The molecule has 1 aromatic carbocycles. The molecule has 5 heteroatoms. The van der Waals surface area contributed by atoms with Crippen LogP contribution in [0, 0.1) is 6.92 Å². The average Bonchev–Trinajstić information content (AvgIpc) is 2.72. The van der Waals surface area contributed by atoms with Gasteiger partial charge in [-0.1, -0.05) is 24.3 Å². The summed E-state index contributed by atoms with van der Waals surface area (Å²) < 4.78 is 6.27. The first-order valence-electron chi connectivity index (χ1n) is 5.57. The van der Waals surface area contributed by atoms with Crippen molar-refractivity contribution in [1.82, 2.24) is 9.78 Å². The molecule has 18 heavy (non-hydrogen) atoms. The Labute approximate surface area is 105 Å². The molecule has 2 aromatic rings. The van der Waals surface area contributed by atoms with Crippen molar-refractivity contribution in [1.29, 1.82) is 0 Å². The van der Waals surface area contributed by atoms with Gasteiger partial charge in [0.15, 0.2) is 5.82 Å². The second kappa shape index (κ2) is 4.91. The number of methoxy groups -OCH3 is 1. The van der Waals surface area contributed by atoms with Crippen LogP contribution in [0.3, 0.4) is 0 Å². The number of benzene rings is 1. The van der Waals surface area contributed by atoms with Crippen LogP contribution in [0.2, 0.25) is 0 Å². The third-order valence-corrected chi connectivity index (χ3v) is 2.79. The molecule has 94 valence electrons. The molecule has 0 bridgehead atoms. The molecule has 0 aliphatic heterocycles. The number of esters is 1. The minimum absolute atomic E-state index is 0.190. The van der Waals surface area contributed by atoms with Gasteiger partial charge in [-0.05, 0) is 18.1 Å². The van der Waals surface area contributed by atoms with Gasteiger partial charge in [-0.3, -0.25) is 4.68 Å². The number of hydrogen-bond donors (Lipinski definition) is 1. The Hall–Kier alpha value is -2.30. The molecule has 0 aliphatic carbocycles. The molecule has 0 fully saturated rings. The maximum Gasteiger partial charge on any atom is 0.343 e. The molecule has 0 aliphatic rings. The van der Waals surface area contributed by atoms with Crippen LogP contribution in [0.25, 0.3) is 0 Å². The number of nitrogens with zero attached hydrogens (tertiary/aromatic N) is 2. The van der Waals surface area contributed by atoms with E-state index in [0.717, 1.165) is 5.56 Å². The standard InChI is InChI=1S/C13H15N3O2/c1-9-5-3-4-6-10(9)7-16-8-11(12(14)15-16)13(17)18-2/h3-6,8H,7H2,1-2H3,(H2,14,15). The number of anilines is 1. The third-order valence-electron chi connectivity index (χ3n) is 2.79. The maximum absolute atomic E-state index is 11.4. The molecule has 5 nitrogen and oxygen atoms in total. The molecule has 1 aromatic heterocycles. The van der Waals surface area contributed by atoms with Crippen LogP contribution in [0.1, 0.15) is 21.5 Å². The van der Waals surface area contributed by atoms with Crippen molar-refractivity contribution in [3.63, 3.8) is 0 Å². The summed E-state index contributed by atoms with van der Waals surface area (Å²) in [6.45, 7) is 2.61. The first-order chi connectivity index (χ1) is 8.61. The monoisotopic (exact) mass is 245 g/mol. The largest absolute Gasteiger partial charge is 0.465 e. The zero-order valence-corrected chi connectivity index (χ0v) is 10.4. The summed E-state index contributed by atoms with van der Waals surface area (Å²) in [6.07, 6.45) is 1.60. The minimum Gasteiger partial charge on any atom is -0.465 e. The fraction of sp³-hybridized carbons (Fsp3) is 0.231. The number of rotatable bonds is 3. The van der Waals surface area contributed by atoms with Crippen LogP contribution in [0.4, 0.5) is 5.82 Å². The van der Waals surface area contributed by atoms with Gasteiger partial charge in [-0.2, -0.15) is 5.10 Å². The fourth-order valence-corrected chi connectivity index (χ4v) is 1.75. The van der Waals surface area contributed by atoms with Gasteiger partial charge in [0.25, 0.3) is 0 Å². The van der Waals surface area contributed by atoms with E-state index in [4.69, 9.17) is 5.73 Å². The van der Waals surface area contributed by atoms with E-state index < -0.39 is 5.97 Å². The Morgan fingerprint density at radius 1 is 1.44 bits per heavy atom. The molecule has 0 amide bonds. The van der Waals surface area contributed by atoms with Crippen LogP contribution in [-0.4, -0.2) is 22.9 Å². The van der Waals surface area contributed by atoms with Crippen molar-refractivity contribution < 1.29 is 9.53 Å². The highest BCUT2D eigenvalue weighted by Gasteiger charge is 2.14. The molecule has 0 radical (unpaired) electrons. The molecular weight excluding hydrogens is 230 g/mol. The fourth-order valence-electron chi connectivity index (χ4n) is 1.75. The summed E-state index contributed by atoms with van der Waals surface area (Å²) in [4.78, 5) is 11.4. The van der Waals surface area contributed by atoms with Crippen molar-refractivity contribution in [3.05, 3.63) is 47.2 Å². The van der Waals surface area contributed by atoms with Gasteiger partial charge in [-0.15, -0.1) is 0 Å². The van der Waals surface area contributed by atoms with Crippen LogP contribution >= 0.6 is 0 Å². The zero-order valence-electron chi connectivity index (χ0n) is 10.4. The van der Waals surface area contributed by atoms with Crippen LogP contribution in [-0.2, 0) is 11.3 Å². The molecule has 1 heterocycles. The van der Waals surface area contributed by atoms with Gasteiger partial charge < -0.3 is 10.5 Å². The van der Waals surface area contributed by atoms with Gasteiger partial charge in [0.1, 0.15) is 5.56 Å². The van der Waals surface area contributed by atoms with Crippen LogP contribution in [0.15, 0.2) is 30.5 Å².